The highest BCUT2D eigenvalue weighted by Crippen LogP contribution is 2.42. The normalized spacial score (nSPS) is 20.2. The number of hydrogen-bond acceptors (Lipinski definition) is 5. The Morgan fingerprint density at radius 1 is 1.21 bits per heavy atom. The van der Waals surface area contributed by atoms with Gasteiger partial charge < -0.3 is 15.0 Å². The summed E-state index contributed by atoms with van der Waals surface area (Å²) in [6.07, 6.45) is 1.24. The first kappa shape index (κ1) is 24.2. The second kappa shape index (κ2) is 9.03. The Morgan fingerprint density at radius 2 is 1.97 bits per heavy atom. The molecule has 0 saturated carbocycles. The zero-order valence-electron chi connectivity index (χ0n) is 20.0. The van der Waals surface area contributed by atoms with E-state index in [-0.39, 0.29) is 23.3 Å². The molecule has 9 heteroatoms. The molecule has 2 aromatic rings. The predicted molar refractivity (Wildman–Crippen MR) is 129 cm³/mol. The summed E-state index contributed by atoms with van der Waals surface area (Å²) in [5.74, 6) is 0.0626. The van der Waals surface area contributed by atoms with E-state index in [9.17, 15) is 18.0 Å². The molecule has 182 valence electrons. The van der Waals surface area contributed by atoms with Gasteiger partial charge in [0.05, 0.1) is 23.3 Å². The smallest absolute Gasteiger partial charge is 0.243 e. The highest BCUT2D eigenvalue weighted by Gasteiger charge is 2.43. The summed E-state index contributed by atoms with van der Waals surface area (Å²) < 4.78 is 33.5. The standard InChI is InChI=1S/C25H31N3O5S/c1-25(2)21-14-20(10-11-22(21)27(3)24(25)30)34(31,32)28-12-6-8-18(16-28)23(29)26-15-17-7-5-9-19(13-17)33-4/h5,7,9-11,13-14,18H,6,8,12,15-16H2,1-4H3,(H,26,29)/t18-/m1/s1. The maximum absolute atomic E-state index is 13.5. The fourth-order valence-electron chi connectivity index (χ4n) is 4.75. The molecule has 2 heterocycles. The van der Waals surface area contributed by atoms with Gasteiger partial charge in [-0.2, -0.15) is 4.31 Å². The third kappa shape index (κ3) is 4.30. The highest BCUT2D eigenvalue weighted by molar-refractivity contribution is 7.89. The quantitative estimate of drug-likeness (QED) is 0.679. The van der Waals surface area contributed by atoms with Crippen LogP contribution in [-0.4, -0.2) is 51.8 Å². The van der Waals surface area contributed by atoms with Crippen molar-refractivity contribution in [3.8, 4) is 5.75 Å². The lowest BCUT2D eigenvalue weighted by Gasteiger charge is -2.31. The molecule has 2 amide bonds. The van der Waals surface area contributed by atoms with Crippen LogP contribution < -0.4 is 15.0 Å². The van der Waals surface area contributed by atoms with Crippen LogP contribution in [0.3, 0.4) is 0 Å². The van der Waals surface area contributed by atoms with Gasteiger partial charge in [0.15, 0.2) is 0 Å². The minimum Gasteiger partial charge on any atom is -0.497 e. The van der Waals surface area contributed by atoms with Gasteiger partial charge >= 0.3 is 0 Å². The summed E-state index contributed by atoms with van der Waals surface area (Å²) in [7, 11) is -0.516. The minimum atomic E-state index is -3.80. The largest absolute Gasteiger partial charge is 0.497 e. The first-order valence-electron chi connectivity index (χ1n) is 11.4. The molecule has 0 bridgehead atoms. The van der Waals surface area contributed by atoms with Crippen molar-refractivity contribution in [1.29, 1.82) is 0 Å². The molecule has 2 aromatic carbocycles. The molecular weight excluding hydrogens is 454 g/mol. The molecule has 0 unspecified atom stereocenters. The average Bonchev–Trinajstić information content (AvgIpc) is 3.02. The second-order valence-corrected chi connectivity index (χ2v) is 11.4. The van der Waals surface area contributed by atoms with Crippen LogP contribution in [0.2, 0.25) is 0 Å². The fraction of sp³-hybridized carbons (Fsp3) is 0.440. The Bertz CT molecular complexity index is 1220. The van der Waals surface area contributed by atoms with Crippen LogP contribution in [0.25, 0.3) is 0 Å². The van der Waals surface area contributed by atoms with E-state index in [1.807, 2.05) is 24.3 Å². The van der Waals surface area contributed by atoms with E-state index >= 15 is 0 Å². The van der Waals surface area contributed by atoms with E-state index in [0.29, 0.717) is 37.2 Å². The van der Waals surface area contributed by atoms with E-state index in [4.69, 9.17) is 4.74 Å². The number of rotatable bonds is 6. The van der Waals surface area contributed by atoms with Gasteiger partial charge in [0, 0.05) is 32.4 Å². The number of carbonyl (C=O) groups excluding carboxylic acids is 2. The van der Waals surface area contributed by atoms with Crippen LogP contribution in [0.4, 0.5) is 5.69 Å². The number of ether oxygens (including phenoxy) is 1. The molecule has 1 fully saturated rings. The molecule has 0 aliphatic carbocycles. The third-order valence-electron chi connectivity index (χ3n) is 6.84. The number of methoxy groups -OCH3 is 1. The summed E-state index contributed by atoms with van der Waals surface area (Å²) in [5, 5.41) is 2.93. The molecule has 0 radical (unpaired) electrons. The monoisotopic (exact) mass is 485 g/mol. The molecule has 0 aromatic heterocycles. The average molecular weight is 486 g/mol. The molecule has 4 rings (SSSR count). The van der Waals surface area contributed by atoms with Crippen molar-refractivity contribution in [2.24, 2.45) is 5.92 Å². The van der Waals surface area contributed by atoms with Gasteiger partial charge in [-0.05, 0) is 68.1 Å². The molecule has 0 spiro atoms. The van der Waals surface area contributed by atoms with Gasteiger partial charge in [0.25, 0.3) is 0 Å². The number of nitrogens with zero attached hydrogens (tertiary/aromatic N) is 2. The number of benzene rings is 2. The van der Waals surface area contributed by atoms with Gasteiger partial charge in [0.2, 0.25) is 21.8 Å². The van der Waals surface area contributed by atoms with Gasteiger partial charge in [0.1, 0.15) is 5.75 Å². The van der Waals surface area contributed by atoms with Crippen LogP contribution in [0.15, 0.2) is 47.4 Å². The number of amides is 2. The Hall–Kier alpha value is -2.91. The van der Waals surface area contributed by atoms with Crippen LogP contribution >= 0.6 is 0 Å². The third-order valence-corrected chi connectivity index (χ3v) is 8.70. The summed E-state index contributed by atoms with van der Waals surface area (Å²) in [6, 6.07) is 12.3. The number of hydrogen-bond donors (Lipinski definition) is 1. The van der Waals surface area contributed by atoms with Crippen LogP contribution in [0.1, 0.15) is 37.8 Å². The van der Waals surface area contributed by atoms with Gasteiger partial charge in [-0.1, -0.05) is 12.1 Å². The van der Waals surface area contributed by atoms with Crippen LogP contribution in [-0.2, 0) is 31.6 Å². The number of sulfonamides is 1. The molecule has 1 N–H and O–H groups in total. The predicted octanol–water partition coefficient (Wildman–Crippen LogP) is 2.67. The zero-order valence-corrected chi connectivity index (χ0v) is 20.8. The molecule has 1 saturated heterocycles. The van der Waals surface area contributed by atoms with Gasteiger partial charge in [-0.25, -0.2) is 8.42 Å². The number of piperidine rings is 1. The lowest BCUT2D eigenvalue weighted by Crippen LogP contribution is -2.45. The minimum absolute atomic E-state index is 0.0669. The summed E-state index contributed by atoms with van der Waals surface area (Å²) in [4.78, 5) is 27.1. The molecule has 34 heavy (non-hydrogen) atoms. The Balaban J connectivity index is 1.48. The van der Waals surface area contributed by atoms with E-state index in [0.717, 1.165) is 11.3 Å². The summed E-state index contributed by atoms with van der Waals surface area (Å²) >= 11 is 0. The van der Waals surface area contributed by atoms with Crippen molar-refractivity contribution in [2.75, 3.05) is 32.1 Å². The molecule has 1 atom stereocenters. The second-order valence-electron chi connectivity index (χ2n) is 9.44. The van der Waals surface area contributed by atoms with E-state index in [1.165, 1.54) is 4.31 Å². The van der Waals surface area contributed by atoms with Crippen molar-refractivity contribution in [3.05, 3.63) is 53.6 Å². The van der Waals surface area contributed by atoms with E-state index in [2.05, 4.69) is 5.32 Å². The van der Waals surface area contributed by atoms with Gasteiger partial charge in [-0.3, -0.25) is 9.59 Å². The van der Waals surface area contributed by atoms with E-state index < -0.39 is 21.4 Å². The molecular formula is C25H31N3O5S. The molecule has 2 aliphatic rings. The van der Waals surface area contributed by atoms with Crippen molar-refractivity contribution in [2.45, 2.75) is 43.5 Å². The first-order valence-corrected chi connectivity index (χ1v) is 12.8. The van der Waals surface area contributed by atoms with Crippen molar-refractivity contribution < 1.29 is 22.7 Å². The Labute approximate surface area is 200 Å². The molecule has 2 aliphatic heterocycles. The Kier molecular flexibility index (Phi) is 6.44. The number of fused-ring (bicyclic) bond motifs is 1. The summed E-state index contributed by atoms with van der Waals surface area (Å²) in [5.41, 5.74) is 1.54. The van der Waals surface area contributed by atoms with Crippen molar-refractivity contribution in [3.63, 3.8) is 0 Å². The van der Waals surface area contributed by atoms with E-state index in [1.54, 1.807) is 51.1 Å². The number of anilines is 1. The maximum Gasteiger partial charge on any atom is 0.243 e. The van der Waals surface area contributed by atoms with Gasteiger partial charge in [-0.15, -0.1) is 0 Å². The molecule has 8 nitrogen and oxygen atoms in total. The number of carbonyl (C=O) groups is 2. The SMILES string of the molecule is COc1cccc(CNC(=O)[C@@H]2CCCN(S(=O)(=O)c3ccc4c(c3)C(C)(C)C(=O)N4C)C2)c1. The highest BCUT2D eigenvalue weighted by atomic mass is 32.2. The summed E-state index contributed by atoms with van der Waals surface area (Å²) in [6.45, 7) is 4.45. The Morgan fingerprint density at radius 3 is 2.71 bits per heavy atom. The van der Waals surface area contributed by atoms with Crippen molar-refractivity contribution in [1.82, 2.24) is 9.62 Å². The zero-order chi connectivity index (χ0) is 24.7. The topological polar surface area (TPSA) is 96.0 Å². The first-order chi connectivity index (χ1) is 16.1. The fourth-order valence-corrected chi connectivity index (χ4v) is 6.30. The lowest BCUT2D eigenvalue weighted by atomic mass is 9.86. The van der Waals surface area contributed by atoms with Crippen molar-refractivity contribution >= 4 is 27.5 Å². The van der Waals surface area contributed by atoms with Crippen LogP contribution in [0, 0.1) is 5.92 Å². The maximum atomic E-state index is 13.5. The number of likely N-dealkylation sites (N-methyl/N-ethyl adjacent to an activating group) is 1. The van der Waals surface area contributed by atoms with Crippen LogP contribution in [0.5, 0.6) is 5.75 Å². The number of nitrogens with one attached hydrogen (secondary N) is 1. The lowest BCUT2D eigenvalue weighted by molar-refractivity contribution is -0.126.